The summed E-state index contributed by atoms with van der Waals surface area (Å²) in [6, 6.07) is 1.53. The number of aromatic hydroxyl groups is 1. The van der Waals surface area contributed by atoms with Gasteiger partial charge in [0.15, 0.2) is 6.10 Å². The van der Waals surface area contributed by atoms with E-state index < -0.39 is 12.1 Å². The summed E-state index contributed by atoms with van der Waals surface area (Å²) >= 11 is 5.94. The first kappa shape index (κ1) is 11.2. The number of aryl methyl sites for hydroxylation is 1. The third-order valence-corrected chi connectivity index (χ3v) is 3.27. The van der Waals surface area contributed by atoms with Crippen molar-refractivity contribution < 1.29 is 20.1 Å². The Labute approximate surface area is 97.1 Å². The molecule has 86 valence electrons. The van der Waals surface area contributed by atoms with Gasteiger partial charge in [0.1, 0.15) is 5.75 Å². The SMILES string of the molecule is O=C(O)C(O)c1cc2c(c(Cl)c1O)CCC2. The van der Waals surface area contributed by atoms with Crippen LogP contribution in [0.4, 0.5) is 0 Å². The van der Waals surface area contributed by atoms with Gasteiger partial charge in [0.05, 0.1) is 5.02 Å². The summed E-state index contributed by atoms with van der Waals surface area (Å²) in [6.45, 7) is 0. The maximum atomic E-state index is 10.7. The first-order chi connectivity index (χ1) is 7.52. The average Bonchev–Trinajstić information content (AvgIpc) is 2.70. The van der Waals surface area contributed by atoms with E-state index in [0.29, 0.717) is 0 Å². The Morgan fingerprint density at radius 1 is 1.44 bits per heavy atom. The van der Waals surface area contributed by atoms with Crippen LogP contribution in [0.2, 0.25) is 5.02 Å². The number of carbonyl (C=O) groups is 1. The van der Waals surface area contributed by atoms with E-state index in [1.807, 2.05) is 0 Å². The summed E-state index contributed by atoms with van der Waals surface area (Å²) < 4.78 is 0. The van der Waals surface area contributed by atoms with Gasteiger partial charge < -0.3 is 15.3 Å². The van der Waals surface area contributed by atoms with Gasteiger partial charge in [0, 0.05) is 5.56 Å². The van der Waals surface area contributed by atoms with E-state index in [9.17, 15) is 15.0 Å². The largest absolute Gasteiger partial charge is 0.506 e. The fourth-order valence-electron chi connectivity index (χ4n) is 2.04. The number of fused-ring (bicyclic) bond motifs is 1. The van der Waals surface area contributed by atoms with Gasteiger partial charge in [-0.3, -0.25) is 0 Å². The van der Waals surface area contributed by atoms with Crippen molar-refractivity contribution in [2.45, 2.75) is 25.4 Å². The lowest BCUT2D eigenvalue weighted by molar-refractivity contribution is -0.147. The van der Waals surface area contributed by atoms with Gasteiger partial charge >= 0.3 is 5.97 Å². The standard InChI is InChI=1S/C11H11ClO4/c12-8-6-3-1-2-5(6)4-7(9(8)13)10(14)11(15)16/h4,10,13-14H,1-3H2,(H,15,16). The summed E-state index contributed by atoms with van der Waals surface area (Å²) in [5, 5.41) is 28.0. The van der Waals surface area contributed by atoms with E-state index in [4.69, 9.17) is 16.7 Å². The summed E-state index contributed by atoms with van der Waals surface area (Å²) in [6.07, 6.45) is 0.782. The van der Waals surface area contributed by atoms with Crippen LogP contribution < -0.4 is 0 Å². The molecular formula is C11H11ClO4. The molecule has 1 atom stereocenters. The molecule has 0 aromatic heterocycles. The summed E-state index contributed by atoms with van der Waals surface area (Å²) in [7, 11) is 0. The molecule has 0 bridgehead atoms. The molecule has 0 heterocycles. The van der Waals surface area contributed by atoms with Crippen LogP contribution in [0.25, 0.3) is 0 Å². The molecular weight excluding hydrogens is 232 g/mol. The highest BCUT2D eigenvalue weighted by atomic mass is 35.5. The molecule has 0 saturated heterocycles. The highest BCUT2D eigenvalue weighted by molar-refractivity contribution is 6.33. The van der Waals surface area contributed by atoms with E-state index in [0.717, 1.165) is 30.4 Å². The van der Waals surface area contributed by atoms with Crippen molar-refractivity contribution in [2.75, 3.05) is 0 Å². The van der Waals surface area contributed by atoms with Crippen molar-refractivity contribution in [1.82, 2.24) is 0 Å². The van der Waals surface area contributed by atoms with Gasteiger partial charge in [-0.05, 0) is 36.5 Å². The molecule has 0 fully saturated rings. The molecule has 5 heteroatoms. The number of hydrogen-bond acceptors (Lipinski definition) is 3. The van der Waals surface area contributed by atoms with Crippen LogP contribution in [-0.2, 0) is 17.6 Å². The third-order valence-electron chi connectivity index (χ3n) is 2.87. The predicted molar refractivity (Wildman–Crippen MR) is 57.7 cm³/mol. The average molecular weight is 243 g/mol. The molecule has 0 saturated carbocycles. The van der Waals surface area contributed by atoms with Crippen LogP contribution >= 0.6 is 11.6 Å². The smallest absolute Gasteiger partial charge is 0.337 e. The minimum absolute atomic E-state index is 0.0295. The van der Waals surface area contributed by atoms with Crippen molar-refractivity contribution in [2.24, 2.45) is 0 Å². The second kappa shape index (κ2) is 3.96. The molecule has 1 aromatic rings. The van der Waals surface area contributed by atoms with Crippen LogP contribution in [0.1, 0.15) is 29.2 Å². The number of phenolic OH excluding ortho intramolecular Hbond substituents is 1. The molecule has 16 heavy (non-hydrogen) atoms. The van der Waals surface area contributed by atoms with Crippen molar-refractivity contribution >= 4 is 17.6 Å². The highest BCUT2D eigenvalue weighted by Crippen LogP contribution is 2.40. The number of aliphatic carboxylic acids is 1. The van der Waals surface area contributed by atoms with Crippen molar-refractivity contribution in [3.8, 4) is 5.75 Å². The molecule has 0 amide bonds. The maximum Gasteiger partial charge on any atom is 0.337 e. The van der Waals surface area contributed by atoms with E-state index in [1.165, 1.54) is 6.07 Å². The molecule has 4 nitrogen and oxygen atoms in total. The van der Waals surface area contributed by atoms with Crippen LogP contribution in [0.15, 0.2) is 6.07 Å². The normalized spacial score (nSPS) is 15.9. The monoisotopic (exact) mass is 242 g/mol. The summed E-state index contributed by atoms with van der Waals surface area (Å²) in [5.74, 6) is -1.72. The van der Waals surface area contributed by atoms with Crippen molar-refractivity contribution in [1.29, 1.82) is 0 Å². The van der Waals surface area contributed by atoms with E-state index in [-0.39, 0.29) is 16.3 Å². The van der Waals surface area contributed by atoms with E-state index in [1.54, 1.807) is 0 Å². The number of aliphatic hydroxyl groups is 1. The van der Waals surface area contributed by atoms with Crippen molar-refractivity contribution in [3.05, 3.63) is 27.8 Å². The summed E-state index contributed by atoms with van der Waals surface area (Å²) in [4.78, 5) is 10.7. The number of rotatable bonds is 2. The molecule has 1 aliphatic carbocycles. The number of aliphatic hydroxyl groups excluding tert-OH is 1. The second-order valence-electron chi connectivity index (χ2n) is 3.86. The molecule has 0 radical (unpaired) electrons. The Bertz CT molecular complexity index is 456. The second-order valence-corrected chi connectivity index (χ2v) is 4.24. The highest BCUT2D eigenvalue weighted by Gasteiger charge is 2.26. The lowest BCUT2D eigenvalue weighted by Gasteiger charge is -2.13. The molecule has 1 unspecified atom stereocenters. The lowest BCUT2D eigenvalue weighted by Crippen LogP contribution is -2.11. The van der Waals surface area contributed by atoms with E-state index in [2.05, 4.69) is 0 Å². The quantitative estimate of drug-likeness (QED) is 0.737. The maximum absolute atomic E-state index is 10.7. The van der Waals surface area contributed by atoms with Gasteiger partial charge in [-0.25, -0.2) is 4.79 Å². The number of carboxylic acids is 1. The fourth-order valence-corrected chi connectivity index (χ4v) is 2.37. The number of carboxylic acid groups (broad SMARTS) is 1. The minimum Gasteiger partial charge on any atom is -0.506 e. The Hall–Kier alpha value is -1.26. The van der Waals surface area contributed by atoms with E-state index >= 15 is 0 Å². The molecule has 0 spiro atoms. The van der Waals surface area contributed by atoms with Crippen LogP contribution in [0, 0.1) is 0 Å². The van der Waals surface area contributed by atoms with Gasteiger partial charge in [-0.2, -0.15) is 0 Å². The summed E-state index contributed by atoms with van der Waals surface area (Å²) in [5.41, 5.74) is 1.75. The minimum atomic E-state index is -1.73. The predicted octanol–water partition coefficient (Wildman–Crippen LogP) is 1.65. The Morgan fingerprint density at radius 3 is 2.75 bits per heavy atom. The van der Waals surface area contributed by atoms with Gasteiger partial charge in [0.25, 0.3) is 0 Å². The number of phenols is 1. The zero-order valence-electron chi connectivity index (χ0n) is 8.40. The molecule has 3 N–H and O–H groups in total. The fraction of sp³-hybridized carbons (Fsp3) is 0.364. The number of benzene rings is 1. The molecule has 2 rings (SSSR count). The number of hydrogen-bond donors (Lipinski definition) is 3. The molecule has 1 aromatic carbocycles. The van der Waals surface area contributed by atoms with Crippen molar-refractivity contribution in [3.63, 3.8) is 0 Å². The molecule has 1 aliphatic rings. The zero-order chi connectivity index (χ0) is 11.9. The Morgan fingerprint density at radius 2 is 2.12 bits per heavy atom. The first-order valence-electron chi connectivity index (χ1n) is 4.96. The number of halogens is 1. The Balaban J connectivity index is 2.56. The third kappa shape index (κ3) is 1.64. The zero-order valence-corrected chi connectivity index (χ0v) is 9.16. The van der Waals surface area contributed by atoms with Crippen LogP contribution in [-0.4, -0.2) is 21.3 Å². The van der Waals surface area contributed by atoms with Gasteiger partial charge in [-0.15, -0.1) is 0 Å². The van der Waals surface area contributed by atoms with Gasteiger partial charge in [-0.1, -0.05) is 11.6 Å². The van der Waals surface area contributed by atoms with Crippen LogP contribution in [0.5, 0.6) is 5.75 Å². The molecule has 0 aliphatic heterocycles. The topological polar surface area (TPSA) is 77.8 Å². The van der Waals surface area contributed by atoms with Gasteiger partial charge in [0.2, 0.25) is 0 Å². The lowest BCUT2D eigenvalue weighted by atomic mass is 10.0. The first-order valence-corrected chi connectivity index (χ1v) is 5.34. The Kier molecular flexibility index (Phi) is 2.78. The van der Waals surface area contributed by atoms with Crippen LogP contribution in [0.3, 0.4) is 0 Å².